The van der Waals surface area contributed by atoms with E-state index in [9.17, 15) is 0 Å². The van der Waals surface area contributed by atoms with Crippen LogP contribution in [-0.4, -0.2) is 0 Å². The summed E-state index contributed by atoms with van der Waals surface area (Å²) >= 11 is 0. The van der Waals surface area contributed by atoms with Crippen LogP contribution in [0.5, 0.6) is 0 Å². The van der Waals surface area contributed by atoms with Crippen LogP contribution in [0.2, 0.25) is 0 Å². The second kappa shape index (κ2) is 7.82. The summed E-state index contributed by atoms with van der Waals surface area (Å²) in [6, 6.07) is 21.6. The topological polar surface area (TPSA) is 0 Å². The van der Waals surface area contributed by atoms with Gasteiger partial charge in [0, 0.05) is 0 Å². The first kappa shape index (κ1) is 14.8. The van der Waals surface area contributed by atoms with Gasteiger partial charge in [0.15, 0.2) is 0 Å². The van der Waals surface area contributed by atoms with E-state index in [1.54, 1.807) is 0 Å². The number of allylic oxidation sites excluding steroid dienone is 3. The minimum Gasteiger partial charge on any atom is -0.0991 e. The van der Waals surface area contributed by atoms with Crippen LogP contribution in [0, 0.1) is 0 Å². The van der Waals surface area contributed by atoms with E-state index in [-0.39, 0.29) is 0 Å². The highest BCUT2D eigenvalue weighted by Crippen LogP contribution is 2.44. The Labute approximate surface area is 123 Å². The molecule has 0 amide bonds. The standard InChI is InChI=1S/C19H21P/c1-3-11-17(12-4-2)20(18-13-7-5-8-14-18)19-15-9-6-10-16-19/h3,5-11,13-16H,1,4,12H2,2H3/b17-11+. The molecule has 0 saturated heterocycles. The zero-order valence-electron chi connectivity index (χ0n) is 12.0. The molecular weight excluding hydrogens is 259 g/mol. The summed E-state index contributed by atoms with van der Waals surface area (Å²) in [6.07, 6.45) is 6.42. The van der Waals surface area contributed by atoms with Gasteiger partial charge in [0.1, 0.15) is 0 Å². The lowest BCUT2D eigenvalue weighted by molar-refractivity contribution is 0.946. The Balaban J connectivity index is 2.49. The first-order chi connectivity index (χ1) is 9.86. The molecule has 0 unspecified atom stereocenters. The van der Waals surface area contributed by atoms with Gasteiger partial charge in [0.2, 0.25) is 0 Å². The summed E-state index contributed by atoms with van der Waals surface area (Å²) in [5.74, 6) is 0. The quantitative estimate of drug-likeness (QED) is 0.516. The lowest BCUT2D eigenvalue weighted by Crippen LogP contribution is -2.12. The van der Waals surface area contributed by atoms with E-state index in [1.165, 1.54) is 15.9 Å². The van der Waals surface area contributed by atoms with Crippen LogP contribution in [0.4, 0.5) is 0 Å². The van der Waals surface area contributed by atoms with Crippen LogP contribution in [-0.2, 0) is 0 Å². The molecular formula is C19H21P. The molecule has 0 aliphatic rings. The molecule has 0 N–H and O–H groups in total. The van der Waals surface area contributed by atoms with Gasteiger partial charge in [-0.25, -0.2) is 0 Å². The molecule has 0 aliphatic carbocycles. The van der Waals surface area contributed by atoms with Gasteiger partial charge in [-0.15, -0.1) is 0 Å². The summed E-state index contributed by atoms with van der Waals surface area (Å²) in [7, 11) is -0.436. The van der Waals surface area contributed by atoms with Gasteiger partial charge in [-0.2, -0.15) is 0 Å². The average Bonchev–Trinajstić information content (AvgIpc) is 2.50. The number of benzene rings is 2. The van der Waals surface area contributed by atoms with Crippen molar-refractivity contribution in [3.63, 3.8) is 0 Å². The van der Waals surface area contributed by atoms with Crippen molar-refractivity contribution in [3.8, 4) is 0 Å². The molecule has 0 saturated carbocycles. The Morgan fingerprint density at radius 1 is 0.950 bits per heavy atom. The summed E-state index contributed by atoms with van der Waals surface area (Å²) in [5.41, 5.74) is 0. The Morgan fingerprint density at radius 3 is 1.85 bits per heavy atom. The fraction of sp³-hybridized carbons (Fsp3) is 0.158. The van der Waals surface area contributed by atoms with Crippen LogP contribution in [0.15, 0.2) is 84.7 Å². The molecule has 0 aromatic heterocycles. The lowest BCUT2D eigenvalue weighted by Gasteiger charge is -2.22. The maximum Gasteiger partial charge on any atom is -0.0154 e. The zero-order valence-corrected chi connectivity index (χ0v) is 12.9. The molecule has 0 radical (unpaired) electrons. The molecule has 1 heteroatoms. The fourth-order valence-corrected chi connectivity index (χ4v) is 4.90. The monoisotopic (exact) mass is 280 g/mol. The van der Waals surface area contributed by atoms with Gasteiger partial charge in [-0.05, 0) is 30.3 Å². The van der Waals surface area contributed by atoms with E-state index >= 15 is 0 Å². The molecule has 102 valence electrons. The third kappa shape index (κ3) is 3.68. The molecule has 0 fully saturated rings. The molecule has 0 atom stereocenters. The van der Waals surface area contributed by atoms with E-state index in [1.807, 2.05) is 6.08 Å². The van der Waals surface area contributed by atoms with Crippen molar-refractivity contribution < 1.29 is 0 Å². The van der Waals surface area contributed by atoms with E-state index in [4.69, 9.17) is 0 Å². The van der Waals surface area contributed by atoms with Gasteiger partial charge in [-0.1, -0.05) is 92.7 Å². The number of rotatable bonds is 6. The number of hydrogen-bond acceptors (Lipinski definition) is 0. The number of hydrogen-bond donors (Lipinski definition) is 0. The molecule has 2 aromatic rings. The van der Waals surface area contributed by atoms with Gasteiger partial charge in [0.25, 0.3) is 0 Å². The van der Waals surface area contributed by atoms with Gasteiger partial charge >= 0.3 is 0 Å². The van der Waals surface area contributed by atoms with Crippen molar-refractivity contribution in [2.75, 3.05) is 0 Å². The lowest BCUT2D eigenvalue weighted by atomic mass is 10.3. The molecule has 0 spiro atoms. The summed E-state index contributed by atoms with van der Waals surface area (Å²) in [4.78, 5) is 0. The zero-order chi connectivity index (χ0) is 14.2. The predicted octanol–water partition coefficient (Wildman–Crippen LogP) is 4.99. The minimum absolute atomic E-state index is 0.436. The van der Waals surface area contributed by atoms with E-state index in [0.717, 1.165) is 12.8 Å². The molecule has 0 heterocycles. The SMILES string of the molecule is C=C/C=C(\CCC)P(c1ccccc1)c1ccccc1. The van der Waals surface area contributed by atoms with Crippen LogP contribution in [0.3, 0.4) is 0 Å². The third-order valence-electron chi connectivity index (χ3n) is 3.13. The van der Waals surface area contributed by atoms with Crippen molar-refractivity contribution in [1.29, 1.82) is 0 Å². The highest BCUT2D eigenvalue weighted by atomic mass is 31.1. The molecule has 0 bridgehead atoms. The smallest absolute Gasteiger partial charge is 0.0154 e. The Hall–Kier alpha value is -1.65. The van der Waals surface area contributed by atoms with Gasteiger partial charge in [0.05, 0.1) is 0 Å². The van der Waals surface area contributed by atoms with Crippen molar-refractivity contribution in [3.05, 3.63) is 84.7 Å². The molecule has 2 aromatic carbocycles. The van der Waals surface area contributed by atoms with Crippen LogP contribution < -0.4 is 10.6 Å². The Morgan fingerprint density at radius 2 is 1.45 bits per heavy atom. The largest absolute Gasteiger partial charge is 0.0991 e. The van der Waals surface area contributed by atoms with Crippen molar-refractivity contribution in [2.24, 2.45) is 0 Å². The van der Waals surface area contributed by atoms with E-state index in [0.29, 0.717) is 0 Å². The second-order valence-corrected chi connectivity index (χ2v) is 6.93. The average molecular weight is 280 g/mol. The van der Waals surface area contributed by atoms with Crippen LogP contribution in [0.1, 0.15) is 19.8 Å². The maximum absolute atomic E-state index is 3.89. The molecule has 0 aliphatic heterocycles. The molecule has 0 nitrogen and oxygen atoms in total. The van der Waals surface area contributed by atoms with Crippen molar-refractivity contribution in [1.82, 2.24) is 0 Å². The third-order valence-corrected chi connectivity index (χ3v) is 5.71. The summed E-state index contributed by atoms with van der Waals surface area (Å²) in [6.45, 7) is 6.12. The highest BCUT2D eigenvalue weighted by Gasteiger charge is 2.17. The van der Waals surface area contributed by atoms with Crippen molar-refractivity contribution >= 4 is 18.5 Å². The van der Waals surface area contributed by atoms with Crippen molar-refractivity contribution in [2.45, 2.75) is 19.8 Å². The first-order valence-electron chi connectivity index (χ1n) is 7.08. The second-order valence-electron chi connectivity index (χ2n) is 4.65. The predicted molar refractivity (Wildman–Crippen MR) is 92.3 cm³/mol. The Bertz CT molecular complexity index is 515. The summed E-state index contributed by atoms with van der Waals surface area (Å²) in [5, 5.41) is 4.32. The molecule has 20 heavy (non-hydrogen) atoms. The van der Waals surface area contributed by atoms with Crippen LogP contribution >= 0.6 is 7.92 Å². The van der Waals surface area contributed by atoms with Crippen LogP contribution in [0.25, 0.3) is 0 Å². The fourth-order valence-electron chi connectivity index (χ4n) is 2.30. The van der Waals surface area contributed by atoms with E-state index < -0.39 is 7.92 Å². The van der Waals surface area contributed by atoms with E-state index in [2.05, 4.69) is 80.2 Å². The highest BCUT2D eigenvalue weighted by molar-refractivity contribution is 7.76. The maximum atomic E-state index is 3.89. The van der Waals surface area contributed by atoms with Gasteiger partial charge < -0.3 is 0 Å². The Kier molecular flexibility index (Phi) is 5.77. The minimum atomic E-state index is -0.436. The first-order valence-corrected chi connectivity index (χ1v) is 8.42. The normalized spacial score (nSPS) is 11.6. The van der Waals surface area contributed by atoms with Gasteiger partial charge in [-0.3, -0.25) is 0 Å². The molecule has 2 rings (SSSR count). The summed E-state index contributed by atoms with van der Waals surface area (Å²) < 4.78 is 0.